The molecule has 1 aromatic heterocycles. The molecule has 2 aliphatic heterocycles. The standard InChI is InChI=1S/C22H29N3O2/c1-17(2)24-10-11-27-16-22(14-24)8-5-9-25(15-22)21(26)19-12-18-6-3-4-7-20(18)23-13-19/h3-4,6-7,12-13,17H,5,8-11,14-16H2,1-2H3/t22-/m0/s1. The zero-order chi connectivity index (χ0) is 18.9. The molecule has 2 saturated heterocycles. The van der Waals surface area contributed by atoms with Gasteiger partial charge in [0.15, 0.2) is 0 Å². The molecule has 4 rings (SSSR count). The lowest BCUT2D eigenvalue weighted by Gasteiger charge is -2.44. The van der Waals surface area contributed by atoms with Gasteiger partial charge in [-0.05, 0) is 38.8 Å². The normalized spacial score (nSPS) is 24.5. The van der Waals surface area contributed by atoms with Crippen molar-refractivity contribution in [3.05, 3.63) is 42.1 Å². The molecule has 0 radical (unpaired) electrons. The first-order chi connectivity index (χ1) is 13.1. The predicted molar refractivity (Wildman–Crippen MR) is 107 cm³/mol. The SMILES string of the molecule is CC(C)N1CCOC[C@@]2(CCCN(C(=O)c3cnc4ccccc4c3)C2)C1. The Morgan fingerprint density at radius 3 is 2.93 bits per heavy atom. The summed E-state index contributed by atoms with van der Waals surface area (Å²) in [5.74, 6) is 0.0904. The Labute approximate surface area is 161 Å². The van der Waals surface area contributed by atoms with Gasteiger partial charge in [0, 0.05) is 49.2 Å². The number of benzene rings is 1. The number of amides is 1. The fourth-order valence-corrected chi connectivity index (χ4v) is 4.47. The zero-order valence-electron chi connectivity index (χ0n) is 16.4. The van der Waals surface area contributed by atoms with Gasteiger partial charge in [0.2, 0.25) is 0 Å². The van der Waals surface area contributed by atoms with Gasteiger partial charge >= 0.3 is 0 Å². The van der Waals surface area contributed by atoms with Crippen molar-refractivity contribution in [2.75, 3.05) is 39.4 Å². The lowest BCUT2D eigenvalue weighted by atomic mass is 9.79. The van der Waals surface area contributed by atoms with Gasteiger partial charge in [-0.1, -0.05) is 18.2 Å². The summed E-state index contributed by atoms with van der Waals surface area (Å²) in [5.41, 5.74) is 1.65. The van der Waals surface area contributed by atoms with E-state index in [0.29, 0.717) is 11.6 Å². The van der Waals surface area contributed by atoms with Crippen molar-refractivity contribution < 1.29 is 9.53 Å². The number of likely N-dealkylation sites (tertiary alicyclic amines) is 1. The van der Waals surface area contributed by atoms with E-state index in [9.17, 15) is 4.79 Å². The fraction of sp³-hybridized carbons (Fsp3) is 0.545. The Hall–Kier alpha value is -1.98. The van der Waals surface area contributed by atoms with Crippen LogP contribution < -0.4 is 0 Å². The average Bonchev–Trinajstić information content (AvgIpc) is 2.90. The molecule has 1 atom stereocenters. The second kappa shape index (κ2) is 7.56. The summed E-state index contributed by atoms with van der Waals surface area (Å²) in [5, 5.41) is 1.01. The van der Waals surface area contributed by atoms with Crippen LogP contribution in [0.3, 0.4) is 0 Å². The number of aromatic nitrogens is 1. The Balaban J connectivity index is 1.55. The number of pyridine rings is 1. The number of rotatable bonds is 2. The zero-order valence-corrected chi connectivity index (χ0v) is 16.4. The molecule has 0 bridgehead atoms. The van der Waals surface area contributed by atoms with E-state index in [-0.39, 0.29) is 11.3 Å². The molecular formula is C22H29N3O2. The van der Waals surface area contributed by atoms with E-state index in [1.165, 1.54) is 0 Å². The Kier molecular flexibility index (Phi) is 5.15. The minimum Gasteiger partial charge on any atom is -0.379 e. The number of para-hydroxylation sites is 1. The highest BCUT2D eigenvalue weighted by molar-refractivity contribution is 5.97. The van der Waals surface area contributed by atoms with Crippen molar-refractivity contribution in [2.24, 2.45) is 5.41 Å². The van der Waals surface area contributed by atoms with E-state index in [0.717, 1.165) is 63.1 Å². The molecule has 0 aliphatic carbocycles. The topological polar surface area (TPSA) is 45.7 Å². The highest BCUT2D eigenvalue weighted by Gasteiger charge is 2.40. The summed E-state index contributed by atoms with van der Waals surface area (Å²) < 4.78 is 5.97. The molecule has 1 aromatic carbocycles. The van der Waals surface area contributed by atoms with E-state index in [2.05, 4.69) is 23.7 Å². The van der Waals surface area contributed by atoms with Crippen LogP contribution in [-0.2, 0) is 4.74 Å². The molecule has 5 nitrogen and oxygen atoms in total. The largest absolute Gasteiger partial charge is 0.379 e. The van der Waals surface area contributed by atoms with Crippen molar-refractivity contribution in [3.8, 4) is 0 Å². The van der Waals surface area contributed by atoms with Gasteiger partial charge in [-0.15, -0.1) is 0 Å². The molecule has 0 saturated carbocycles. The van der Waals surface area contributed by atoms with Crippen molar-refractivity contribution >= 4 is 16.8 Å². The van der Waals surface area contributed by atoms with Crippen molar-refractivity contribution in [2.45, 2.75) is 32.7 Å². The number of carbonyl (C=O) groups excluding carboxylic acids is 1. The first kappa shape index (κ1) is 18.4. The summed E-state index contributed by atoms with van der Waals surface area (Å²) in [4.78, 5) is 22.2. The summed E-state index contributed by atoms with van der Waals surface area (Å²) in [7, 11) is 0. The van der Waals surface area contributed by atoms with Gasteiger partial charge in [-0.2, -0.15) is 0 Å². The summed E-state index contributed by atoms with van der Waals surface area (Å²) in [6.45, 7) is 9.57. The summed E-state index contributed by atoms with van der Waals surface area (Å²) >= 11 is 0. The van der Waals surface area contributed by atoms with E-state index in [1.54, 1.807) is 6.20 Å². The third kappa shape index (κ3) is 3.85. The van der Waals surface area contributed by atoms with Crippen LogP contribution in [0.1, 0.15) is 37.0 Å². The number of hydrogen-bond donors (Lipinski definition) is 0. The minimum absolute atomic E-state index is 0.0406. The first-order valence-electron chi connectivity index (χ1n) is 10.0. The molecular weight excluding hydrogens is 338 g/mol. The number of hydrogen-bond acceptors (Lipinski definition) is 4. The molecule has 1 amide bonds. The van der Waals surface area contributed by atoms with Crippen LogP contribution in [0.15, 0.2) is 36.5 Å². The number of carbonyl (C=O) groups is 1. The molecule has 2 fully saturated rings. The second-order valence-electron chi connectivity index (χ2n) is 8.36. The number of piperidine rings is 1. The van der Waals surface area contributed by atoms with Crippen molar-refractivity contribution in [1.82, 2.24) is 14.8 Å². The molecule has 5 heteroatoms. The highest BCUT2D eigenvalue weighted by atomic mass is 16.5. The molecule has 2 aromatic rings. The summed E-state index contributed by atoms with van der Waals surface area (Å²) in [6, 6.07) is 10.4. The van der Waals surface area contributed by atoms with Gasteiger partial charge in [0.05, 0.1) is 24.3 Å². The van der Waals surface area contributed by atoms with Crippen LogP contribution in [0.2, 0.25) is 0 Å². The lowest BCUT2D eigenvalue weighted by Crippen LogP contribution is -2.53. The second-order valence-corrected chi connectivity index (χ2v) is 8.36. The van der Waals surface area contributed by atoms with Crippen LogP contribution in [0.4, 0.5) is 0 Å². The smallest absolute Gasteiger partial charge is 0.255 e. The van der Waals surface area contributed by atoms with E-state index < -0.39 is 0 Å². The highest BCUT2D eigenvalue weighted by Crippen LogP contribution is 2.34. The van der Waals surface area contributed by atoms with Gasteiger partial charge in [0.25, 0.3) is 5.91 Å². The van der Waals surface area contributed by atoms with Gasteiger partial charge in [0.1, 0.15) is 0 Å². The molecule has 27 heavy (non-hydrogen) atoms. The van der Waals surface area contributed by atoms with Crippen LogP contribution in [0.25, 0.3) is 10.9 Å². The van der Waals surface area contributed by atoms with E-state index in [4.69, 9.17) is 4.74 Å². The van der Waals surface area contributed by atoms with E-state index >= 15 is 0 Å². The fourth-order valence-electron chi connectivity index (χ4n) is 4.47. The Bertz CT molecular complexity index is 822. The molecule has 1 spiro atoms. The monoisotopic (exact) mass is 367 g/mol. The Morgan fingerprint density at radius 1 is 1.22 bits per heavy atom. The van der Waals surface area contributed by atoms with Gasteiger partial charge in [-0.3, -0.25) is 14.7 Å². The summed E-state index contributed by atoms with van der Waals surface area (Å²) in [6.07, 6.45) is 3.87. The lowest BCUT2D eigenvalue weighted by molar-refractivity contribution is 0.00572. The number of nitrogens with zero attached hydrogens (tertiary/aromatic N) is 3. The molecule has 3 heterocycles. The third-order valence-corrected chi connectivity index (χ3v) is 5.99. The van der Waals surface area contributed by atoms with Crippen molar-refractivity contribution in [1.29, 1.82) is 0 Å². The molecule has 0 N–H and O–H groups in total. The predicted octanol–water partition coefficient (Wildman–Crippen LogP) is 3.20. The number of fused-ring (bicyclic) bond motifs is 1. The van der Waals surface area contributed by atoms with Crippen LogP contribution in [-0.4, -0.2) is 66.1 Å². The first-order valence-corrected chi connectivity index (χ1v) is 10.0. The Morgan fingerprint density at radius 2 is 2.07 bits per heavy atom. The maximum Gasteiger partial charge on any atom is 0.255 e. The average molecular weight is 367 g/mol. The maximum absolute atomic E-state index is 13.2. The van der Waals surface area contributed by atoms with Crippen LogP contribution in [0, 0.1) is 5.41 Å². The van der Waals surface area contributed by atoms with Crippen LogP contribution >= 0.6 is 0 Å². The maximum atomic E-state index is 13.2. The quantitative estimate of drug-likeness (QED) is 0.818. The minimum atomic E-state index is 0.0406. The number of ether oxygens (including phenoxy) is 1. The van der Waals surface area contributed by atoms with E-state index in [1.807, 2.05) is 35.2 Å². The molecule has 0 unspecified atom stereocenters. The molecule has 144 valence electrons. The molecule has 2 aliphatic rings. The van der Waals surface area contributed by atoms with Crippen LogP contribution in [0.5, 0.6) is 0 Å². The van der Waals surface area contributed by atoms with Crippen molar-refractivity contribution in [3.63, 3.8) is 0 Å². The van der Waals surface area contributed by atoms with Gasteiger partial charge in [-0.25, -0.2) is 0 Å². The third-order valence-electron chi connectivity index (χ3n) is 5.99. The van der Waals surface area contributed by atoms with Gasteiger partial charge < -0.3 is 9.64 Å².